The number of carbonyl (C=O) groups is 3. The zero-order chi connectivity index (χ0) is 25.3. The fourth-order valence-corrected chi connectivity index (χ4v) is 6.09. The van der Waals surface area contributed by atoms with E-state index in [1.165, 1.54) is 21.1 Å². The molecule has 4 heterocycles. The second-order valence-corrected chi connectivity index (χ2v) is 9.61. The van der Waals surface area contributed by atoms with Crippen LogP contribution in [0.4, 0.5) is 0 Å². The highest BCUT2D eigenvalue weighted by atomic mass is 16.8. The number of likely N-dealkylation sites (N-methyl/N-ethyl adjacent to an activating group) is 1. The lowest BCUT2D eigenvalue weighted by Crippen LogP contribution is -2.53. The van der Waals surface area contributed by atoms with Crippen LogP contribution < -0.4 is 0 Å². The summed E-state index contributed by atoms with van der Waals surface area (Å²) in [5.74, 6) is -1.40. The van der Waals surface area contributed by atoms with Gasteiger partial charge in [-0.25, -0.2) is 4.79 Å². The van der Waals surface area contributed by atoms with Crippen molar-refractivity contribution in [3.8, 4) is 0 Å². The van der Waals surface area contributed by atoms with Crippen molar-refractivity contribution >= 4 is 17.7 Å². The van der Waals surface area contributed by atoms with Crippen molar-refractivity contribution < 1.29 is 42.8 Å². The van der Waals surface area contributed by atoms with Crippen LogP contribution in [0.25, 0.3) is 0 Å². The molecule has 10 nitrogen and oxygen atoms in total. The Morgan fingerprint density at radius 2 is 1.94 bits per heavy atom. The maximum Gasteiger partial charge on any atom is 0.339 e. The molecular formula is C25H31NO9. The predicted octanol–water partition coefficient (Wildman–Crippen LogP) is 1.19. The molecule has 0 N–H and O–H groups in total. The molecule has 35 heavy (non-hydrogen) atoms. The Bertz CT molecular complexity index is 1050. The fourth-order valence-electron chi connectivity index (χ4n) is 6.09. The van der Waals surface area contributed by atoms with Gasteiger partial charge in [-0.3, -0.25) is 9.59 Å². The van der Waals surface area contributed by atoms with E-state index in [4.69, 9.17) is 28.4 Å². The Morgan fingerprint density at radius 3 is 2.57 bits per heavy atom. The van der Waals surface area contributed by atoms with E-state index in [0.29, 0.717) is 24.1 Å². The third-order valence-electron chi connectivity index (χ3n) is 7.97. The Labute approximate surface area is 203 Å². The second kappa shape index (κ2) is 8.35. The van der Waals surface area contributed by atoms with Gasteiger partial charge in [-0.1, -0.05) is 13.2 Å². The van der Waals surface area contributed by atoms with Crippen LogP contribution >= 0.6 is 0 Å². The molecule has 5 rings (SSSR count). The Hall–Kier alpha value is -2.37. The molecule has 5 aliphatic rings. The molecule has 0 spiro atoms. The van der Waals surface area contributed by atoms with Crippen molar-refractivity contribution in [1.29, 1.82) is 0 Å². The number of esters is 1. The molecule has 190 valence electrons. The number of ether oxygens (including phenoxy) is 6. The van der Waals surface area contributed by atoms with E-state index in [9.17, 15) is 14.4 Å². The molecular weight excluding hydrogens is 458 g/mol. The summed E-state index contributed by atoms with van der Waals surface area (Å²) in [5, 5.41) is 0. The van der Waals surface area contributed by atoms with E-state index < -0.39 is 48.1 Å². The molecule has 0 saturated carbocycles. The van der Waals surface area contributed by atoms with Crippen molar-refractivity contribution in [3.05, 3.63) is 35.5 Å². The number of nitrogens with zero attached hydrogens (tertiary/aromatic N) is 1. The van der Waals surface area contributed by atoms with Crippen LogP contribution in [0, 0.1) is 0 Å². The van der Waals surface area contributed by atoms with Crippen molar-refractivity contribution in [2.75, 3.05) is 27.3 Å². The Balaban J connectivity index is 1.43. The minimum absolute atomic E-state index is 0.138. The summed E-state index contributed by atoms with van der Waals surface area (Å²) in [6, 6.07) is 0. The number of fused-ring (bicyclic) bond motifs is 6. The maximum atomic E-state index is 13.3. The first kappa shape index (κ1) is 24.3. The minimum Gasteiger partial charge on any atom is -0.449 e. The van der Waals surface area contributed by atoms with Crippen molar-refractivity contribution in [1.82, 2.24) is 4.90 Å². The van der Waals surface area contributed by atoms with Crippen LogP contribution in [-0.2, 0) is 42.8 Å². The van der Waals surface area contributed by atoms with Crippen LogP contribution in [0.5, 0.6) is 0 Å². The lowest BCUT2D eigenvalue weighted by Gasteiger charge is -2.42. The predicted molar refractivity (Wildman–Crippen MR) is 120 cm³/mol. The SMILES string of the molecule is C=C1C(=C)[C@@]2(C(OC)OC)O[C@@H]1C1=C2CC[C@@](OC(=O)[C@@H]2O[C@H]3CN(CC)C(=O)[C@@H]2O3)(C(C)=O)C1. The number of carbonyl (C=O) groups excluding carboxylic acids is 3. The van der Waals surface area contributed by atoms with E-state index in [-0.39, 0.29) is 31.1 Å². The molecule has 0 radical (unpaired) electrons. The summed E-state index contributed by atoms with van der Waals surface area (Å²) >= 11 is 0. The quantitative estimate of drug-likeness (QED) is 0.296. The van der Waals surface area contributed by atoms with Gasteiger partial charge in [0.15, 0.2) is 41.8 Å². The van der Waals surface area contributed by atoms with Gasteiger partial charge in [0.1, 0.15) is 6.10 Å². The molecule has 4 bridgehead atoms. The number of hydrogen-bond donors (Lipinski definition) is 0. The average molecular weight is 490 g/mol. The Morgan fingerprint density at radius 1 is 1.23 bits per heavy atom. The summed E-state index contributed by atoms with van der Waals surface area (Å²) in [5.41, 5.74) is 0.668. The minimum atomic E-state index is -1.42. The van der Waals surface area contributed by atoms with Gasteiger partial charge in [-0.15, -0.1) is 0 Å². The number of hydrogen-bond acceptors (Lipinski definition) is 9. The van der Waals surface area contributed by atoms with Crippen LogP contribution in [-0.4, -0.2) is 92.0 Å². The van der Waals surface area contributed by atoms with Gasteiger partial charge in [0, 0.05) is 27.2 Å². The number of Topliss-reactive ketones (excluding diaryl/α,β-unsaturated/α-hetero) is 1. The summed E-state index contributed by atoms with van der Waals surface area (Å²) < 4.78 is 34.7. The van der Waals surface area contributed by atoms with Crippen molar-refractivity contribution in [2.45, 2.75) is 75.2 Å². The Kier molecular flexibility index (Phi) is 5.80. The molecule has 0 aromatic heterocycles. The third kappa shape index (κ3) is 3.24. The number of methoxy groups -OCH3 is 2. The van der Waals surface area contributed by atoms with Crippen molar-refractivity contribution in [3.63, 3.8) is 0 Å². The monoisotopic (exact) mass is 489 g/mol. The smallest absolute Gasteiger partial charge is 0.339 e. The highest BCUT2D eigenvalue weighted by Crippen LogP contribution is 2.60. The second-order valence-electron chi connectivity index (χ2n) is 9.61. The normalized spacial score (nSPS) is 38.0. The number of amides is 1. The first-order valence-electron chi connectivity index (χ1n) is 11.8. The van der Waals surface area contributed by atoms with Gasteiger partial charge in [0.05, 0.1) is 6.54 Å². The van der Waals surface area contributed by atoms with Gasteiger partial charge in [0.25, 0.3) is 5.91 Å². The largest absolute Gasteiger partial charge is 0.449 e. The lowest BCUT2D eigenvalue weighted by atomic mass is 9.67. The molecule has 1 amide bonds. The van der Waals surface area contributed by atoms with E-state index in [0.717, 1.165) is 11.1 Å². The molecule has 10 heteroatoms. The molecule has 0 aromatic carbocycles. The standard InChI is InChI=1S/C25H31NO9/c1-7-26-11-17-32-19(21(26)28)20(33-17)22(29)35-24(14(4)27)9-8-16-15(10-24)18-12(2)13(3)25(16,34-18)23(30-5)31-6/h17-20,23H,2-3,7-11H2,1,4-6H3/t17-,18-,19+,20+,24-,25+/m0/s1. The first-order chi connectivity index (χ1) is 16.6. The molecule has 0 aromatic rings. The summed E-state index contributed by atoms with van der Waals surface area (Å²) in [6.07, 6.45) is -3.47. The van der Waals surface area contributed by atoms with Gasteiger partial charge in [-0.2, -0.15) is 0 Å². The van der Waals surface area contributed by atoms with Gasteiger partial charge < -0.3 is 33.3 Å². The van der Waals surface area contributed by atoms with Crippen molar-refractivity contribution in [2.24, 2.45) is 0 Å². The van der Waals surface area contributed by atoms with Crippen LogP contribution in [0.15, 0.2) is 35.5 Å². The van der Waals surface area contributed by atoms with E-state index in [2.05, 4.69) is 13.2 Å². The van der Waals surface area contributed by atoms with Gasteiger partial charge >= 0.3 is 5.97 Å². The summed E-state index contributed by atoms with van der Waals surface area (Å²) in [4.78, 5) is 40.5. The average Bonchev–Trinajstić information content (AvgIpc) is 3.46. The van der Waals surface area contributed by atoms with E-state index in [1.807, 2.05) is 6.92 Å². The molecule has 0 unspecified atom stereocenters. The molecule has 3 saturated heterocycles. The van der Waals surface area contributed by atoms with Crippen LogP contribution in [0.1, 0.15) is 33.1 Å². The van der Waals surface area contributed by atoms with E-state index >= 15 is 0 Å². The number of rotatable bonds is 7. The third-order valence-corrected chi connectivity index (χ3v) is 7.97. The highest BCUT2D eigenvalue weighted by molar-refractivity contribution is 5.93. The highest BCUT2D eigenvalue weighted by Gasteiger charge is 2.64. The van der Waals surface area contributed by atoms with Gasteiger partial charge in [0.2, 0.25) is 0 Å². The fraction of sp³-hybridized carbons (Fsp3) is 0.640. The van der Waals surface area contributed by atoms with Crippen LogP contribution in [0.2, 0.25) is 0 Å². The zero-order valence-corrected chi connectivity index (χ0v) is 20.5. The summed E-state index contributed by atoms with van der Waals surface area (Å²) in [7, 11) is 3.05. The van der Waals surface area contributed by atoms with Crippen LogP contribution in [0.3, 0.4) is 0 Å². The first-order valence-corrected chi connectivity index (χ1v) is 11.8. The maximum absolute atomic E-state index is 13.3. The molecule has 1 aliphatic carbocycles. The molecule has 4 aliphatic heterocycles. The summed E-state index contributed by atoms with van der Waals surface area (Å²) in [6.45, 7) is 12.3. The molecule has 6 atom stereocenters. The number of ketones is 1. The zero-order valence-electron chi connectivity index (χ0n) is 20.5. The number of morpholine rings is 1. The topological polar surface area (TPSA) is 110 Å². The van der Waals surface area contributed by atoms with E-state index in [1.54, 1.807) is 4.90 Å². The lowest BCUT2D eigenvalue weighted by molar-refractivity contribution is -0.193. The molecule has 3 fully saturated rings. The van der Waals surface area contributed by atoms with Gasteiger partial charge in [-0.05, 0) is 49.0 Å².